The van der Waals surface area contributed by atoms with E-state index in [2.05, 4.69) is 51.2 Å². The van der Waals surface area contributed by atoms with Crippen molar-refractivity contribution in [1.29, 1.82) is 0 Å². The number of carbonyl (C=O) groups excluding carboxylic acids is 2. The molecule has 26 heteroatoms. The molecule has 0 bridgehead atoms. The summed E-state index contributed by atoms with van der Waals surface area (Å²) in [4.78, 5) is 61.1. The fourth-order valence-corrected chi connectivity index (χ4v) is 7.23. The van der Waals surface area contributed by atoms with Gasteiger partial charge >= 0.3 is 23.7 Å². The molecule has 6 heterocycles. The number of Topliss-reactive ketones (excluding diaryl/α,β-unsaturated/α-hetero) is 1. The minimum absolute atomic E-state index is 0.0279. The largest absolute Gasteiger partial charge is 0.405 e. The number of aromatic nitrogens is 8. The molecule has 2 saturated carbocycles. The first-order valence-electron chi connectivity index (χ1n) is 20.0. The van der Waals surface area contributed by atoms with Crippen LogP contribution in [0.1, 0.15) is 61.5 Å². The van der Waals surface area contributed by atoms with Crippen LogP contribution in [0.15, 0.2) is 90.6 Å². The molecule has 1 amide bonds. The van der Waals surface area contributed by atoms with Crippen LogP contribution in [0.3, 0.4) is 0 Å². The number of alkyl halides is 6. The molecule has 8 rings (SSSR count). The van der Waals surface area contributed by atoms with E-state index in [1.54, 1.807) is 36.7 Å². The van der Waals surface area contributed by atoms with E-state index in [-0.39, 0.29) is 46.2 Å². The van der Waals surface area contributed by atoms with E-state index in [1.807, 2.05) is 5.32 Å². The van der Waals surface area contributed by atoms with E-state index >= 15 is 0 Å². The lowest BCUT2D eigenvalue weighted by atomic mass is 9.89. The van der Waals surface area contributed by atoms with E-state index in [0.717, 1.165) is 31.2 Å². The first kappa shape index (κ1) is 49.1. The Kier molecular flexibility index (Phi) is 15.3. The Morgan fingerprint density at radius 3 is 1.84 bits per heavy atom. The van der Waals surface area contributed by atoms with Gasteiger partial charge in [-0.1, -0.05) is 12.1 Å². The van der Waals surface area contributed by atoms with Crippen LogP contribution < -0.4 is 16.8 Å². The molecule has 2 unspecified atom stereocenters. The average Bonchev–Trinajstić information content (AvgIpc) is 4.18. The predicted molar refractivity (Wildman–Crippen MR) is 231 cm³/mol. The van der Waals surface area contributed by atoms with Crippen LogP contribution in [-0.4, -0.2) is 80.3 Å². The van der Waals surface area contributed by atoms with Gasteiger partial charge in [-0.2, -0.15) is 36.5 Å². The summed E-state index contributed by atoms with van der Waals surface area (Å²) < 4.78 is 76.0. The van der Waals surface area contributed by atoms with Gasteiger partial charge in [0.1, 0.15) is 16.9 Å². The molecule has 2 fully saturated rings. The highest BCUT2D eigenvalue weighted by atomic mass is 79.9. The first-order valence-corrected chi connectivity index (χ1v) is 20.8. The monoisotopic (exact) mass is 1000 g/mol. The van der Waals surface area contributed by atoms with Gasteiger partial charge in [0.05, 0.1) is 45.7 Å². The third-order valence-corrected chi connectivity index (χ3v) is 10.9. The van der Waals surface area contributed by atoms with E-state index in [4.69, 9.17) is 11.5 Å². The second-order valence-corrected chi connectivity index (χ2v) is 16.1. The average molecular weight is 1000 g/mol. The lowest BCUT2D eigenvalue weighted by molar-refractivity contribution is -0.383. The molecule has 0 radical (unpaired) electrons. The molecule has 6 aromatic rings. The second kappa shape index (κ2) is 20.8. The van der Waals surface area contributed by atoms with Gasteiger partial charge < -0.3 is 16.8 Å². The quantitative estimate of drug-likeness (QED) is 0.0346. The lowest BCUT2D eigenvalue weighted by Gasteiger charge is -2.17. The summed E-state index contributed by atoms with van der Waals surface area (Å²) in [5, 5.41) is 34.6. The number of pyridine rings is 4. The number of nitrogens with one attached hydrogen (secondary N) is 2. The van der Waals surface area contributed by atoms with Gasteiger partial charge in [0.25, 0.3) is 0 Å². The maximum atomic E-state index is 12.5. The number of nitrogens with zero attached hydrogens (tertiary/aromatic N) is 9. The summed E-state index contributed by atoms with van der Waals surface area (Å²) in [6.07, 6.45) is 4.81. The molecule has 352 valence electrons. The summed E-state index contributed by atoms with van der Waals surface area (Å²) in [7, 11) is 0. The maximum absolute atomic E-state index is 12.5. The van der Waals surface area contributed by atoms with Gasteiger partial charge in [-0.05, 0) is 88.8 Å². The number of aromatic amines is 1. The van der Waals surface area contributed by atoms with Crippen molar-refractivity contribution in [2.45, 2.75) is 62.7 Å². The topological polar surface area (TPSA) is 283 Å². The van der Waals surface area contributed by atoms with Crippen molar-refractivity contribution in [3.05, 3.63) is 122 Å². The predicted octanol–water partition coefficient (Wildman–Crippen LogP) is 8.20. The van der Waals surface area contributed by atoms with Crippen molar-refractivity contribution in [2.24, 2.45) is 11.8 Å². The third kappa shape index (κ3) is 13.4. The van der Waals surface area contributed by atoms with Crippen molar-refractivity contribution in [3.8, 4) is 28.1 Å². The summed E-state index contributed by atoms with van der Waals surface area (Å²) in [5.74, 6) is -1.96. The van der Waals surface area contributed by atoms with Crippen LogP contribution in [0.4, 0.5) is 49.4 Å². The number of ketones is 1. The molecule has 0 saturated heterocycles. The maximum Gasteiger partial charge on any atom is 0.405 e. The Bertz CT molecular complexity index is 2700. The number of amides is 1. The zero-order valence-corrected chi connectivity index (χ0v) is 36.2. The Labute approximate surface area is 383 Å². The van der Waals surface area contributed by atoms with Crippen LogP contribution >= 0.6 is 15.9 Å². The molecule has 0 aliphatic heterocycles. The molecule has 0 spiro atoms. The van der Waals surface area contributed by atoms with Crippen molar-refractivity contribution < 1.29 is 45.8 Å². The number of hydrogen-bond donors (Lipinski definition) is 4. The van der Waals surface area contributed by atoms with Crippen LogP contribution in [0.5, 0.6) is 0 Å². The van der Waals surface area contributed by atoms with Crippen LogP contribution in [0, 0.1) is 32.1 Å². The summed E-state index contributed by atoms with van der Waals surface area (Å²) in [6.45, 7) is -1.39. The number of nitrogen functional groups attached to an aromatic ring is 2. The van der Waals surface area contributed by atoms with Crippen LogP contribution in [-0.2, 0) is 9.59 Å². The Balaban J connectivity index is 0.000000183. The van der Waals surface area contributed by atoms with Gasteiger partial charge in [0.2, 0.25) is 17.5 Å². The molecule has 67 heavy (non-hydrogen) atoms. The Morgan fingerprint density at radius 1 is 0.776 bits per heavy atom. The van der Waals surface area contributed by atoms with Gasteiger partial charge in [-0.15, -0.1) is 0 Å². The molecule has 0 aromatic carbocycles. The van der Waals surface area contributed by atoms with E-state index < -0.39 is 59.3 Å². The number of carbonyl (C=O) groups is 2. The molecule has 6 N–H and O–H groups in total. The number of H-pyrrole nitrogens is 1. The number of nitrogens with two attached hydrogens (primary N) is 2. The molecule has 6 aromatic heterocycles. The summed E-state index contributed by atoms with van der Waals surface area (Å²) >= 11 is 3.20. The Hall–Kier alpha value is -7.38. The fraction of sp³-hybridized carbons (Fsp3) is 0.317. The smallest absolute Gasteiger partial charge is 0.378 e. The Morgan fingerprint density at radius 2 is 1.34 bits per heavy atom. The van der Waals surface area contributed by atoms with Gasteiger partial charge in [-0.25, -0.2) is 24.6 Å². The zero-order valence-electron chi connectivity index (χ0n) is 34.6. The summed E-state index contributed by atoms with van der Waals surface area (Å²) in [5.41, 5.74) is 13.4. The van der Waals surface area contributed by atoms with E-state index in [9.17, 15) is 56.2 Å². The van der Waals surface area contributed by atoms with Gasteiger partial charge in [0.15, 0.2) is 5.82 Å². The normalized spacial score (nSPS) is 14.4. The number of nitro groups is 2. The zero-order chi connectivity index (χ0) is 48.6. The standard InChI is InChI=1S/C20H18F3N7O3.C13H13BrF3NO.C8H7N5O2/c21-20(22,23)10-27-19(31)16(11-1-2-11)12-3-4-15(26-7-12)29-9-13(8-28-29)14-5-6-25-18(24)17(14)30(32)33;14-11-4-3-9(7-18-11)12(8-1-2-8)10(19)5-6-13(15,16)17;9-8-7(13(14)15)6(1-2-10-8)5-3-11-12-4-5/h3-9,11,16H,1-2,10H2,(H2,24,25)(H,27,31);3-4,7-8,12H,1-2,5-6H2;1-4H,(H2,9,10)(H,11,12). The van der Waals surface area contributed by atoms with Crippen molar-refractivity contribution in [2.75, 3.05) is 18.0 Å². The minimum atomic E-state index is -4.49. The lowest BCUT2D eigenvalue weighted by Crippen LogP contribution is -2.37. The highest BCUT2D eigenvalue weighted by Crippen LogP contribution is 2.45. The molecule has 2 aliphatic carbocycles. The van der Waals surface area contributed by atoms with Crippen molar-refractivity contribution in [3.63, 3.8) is 0 Å². The van der Waals surface area contributed by atoms with Crippen LogP contribution in [0.25, 0.3) is 28.1 Å². The number of anilines is 2. The minimum Gasteiger partial charge on any atom is -0.378 e. The van der Waals surface area contributed by atoms with E-state index in [1.165, 1.54) is 54.0 Å². The highest BCUT2D eigenvalue weighted by Gasteiger charge is 2.40. The third-order valence-electron chi connectivity index (χ3n) is 10.4. The number of hydrogen-bond acceptors (Lipinski definition) is 14. The molecule has 2 aliphatic rings. The fourth-order valence-electron chi connectivity index (χ4n) is 7.00. The first-order chi connectivity index (χ1) is 31.7. The number of halogens is 7. The molecular weight excluding hydrogens is 964 g/mol. The summed E-state index contributed by atoms with van der Waals surface area (Å²) in [6, 6.07) is 9.64. The van der Waals surface area contributed by atoms with Crippen molar-refractivity contribution >= 4 is 50.6 Å². The second-order valence-electron chi connectivity index (χ2n) is 15.3. The van der Waals surface area contributed by atoms with Crippen molar-refractivity contribution in [1.82, 2.24) is 45.2 Å². The van der Waals surface area contributed by atoms with E-state index in [0.29, 0.717) is 32.7 Å². The SMILES string of the molecule is Nc1nccc(-c2cn[nH]c2)c1[N+](=O)[O-].Nc1nccc(-c2cnn(-c3ccc(C(C(=O)NCC(F)(F)F)C4CC4)cn3)c2)c1[N+](=O)[O-].O=C(CCC(F)(F)F)C(c1ccc(Br)nc1)C1CC1. The number of rotatable bonds is 14. The molecule has 19 nitrogen and oxygen atoms in total. The van der Waals surface area contributed by atoms with Gasteiger partial charge in [0, 0.05) is 60.6 Å². The van der Waals surface area contributed by atoms with Crippen LogP contribution in [0.2, 0.25) is 0 Å². The highest BCUT2D eigenvalue weighted by molar-refractivity contribution is 9.10. The van der Waals surface area contributed by atoms with Gasteiger partial charge in [-0.3, -0.25) is 34.9 Å². The molecular formula is C41H38BrF6N13O6. The molecule has 2 atom stereocenters.